The highest BCUT2D eigenvalue weighted by atomic mass is 32.2. The summed E-state index contributed by atoms with van der Waals surface area (Å²) < 4.78 is 0. The number of benzene rings is 3. The molecule has 1 aliphatic rings. The van der Waals surface area contributed by atoms with Gasteiger partial charge in [0.05, 0.1) is 26.6 Å². The number of carboxylic acid groups (broad SMARTS) is 1. The molecule has 35 heavy (non-hydrogen) atoms. The number of carbonyl (C=O) groups is 1. The second-order valence-electron chi connectivity index (χ2n) is 8.56. The number of hydrogen-bond donors (Lipinski definition) is 1. The quantitative estimate of drug-likeness (QED) is 0.239. The van der Waals surface area contributed by atoms with Crippen LogP contribution >= 0.6 is 11.8 Å². The minimum Gasteiger partial charge on any atom is -0.478 e. The molecule has 6 nitrogen and oxygen atoms in total. The van der Waals surface area contributed by atoms with Crippen LogP contribution in [-0.2, 0) is 6.42 Å². The molecule has 0 unspecified atom stereocenters. The van der Waals surface area contributed by atoms with Crippen molar-refractivity contribution >= 4 is 46.0 Å². The molecule has 3 aromatic carbocycles. The minimum absolute atomic E-state index is 0.0404. The number of nitro benzene ring substituents is 1. The first-order chi connectivity index (χ1) is 16.9. The number of nitrogens with zero attached hydrogens (tertiary/aromatic N) is 2. The van der Waals surface area contributed by atoms with Crippen molar-refractivity contribution in [2.45, 2.75) is 36.0 Å². The van der Waals surface area contributed by atoms with Crippen molar-refractivity contribution in [2.24, 2.45) is 0 Å². The van der Waals surface area contributed by atoms with Crippen molar-refractivity contribution in [1.82, 2.24) is 4.98 Å². The highest BCUT2D eigenvalue weighted by Gasteiger charge is 2.25. The number of carboxylic acids is 1. The van der Waals surface area contributed by atoms with E-state index in [2.05, 4.69) is 0 Å². The monoisotopic (exact) mass is 482 g/mol. The van der Waals surface area contributed by atoms with Gasteiger partial charge in [0.25, 0.3) is 5.69 Å². The lowest BCUT2D eigenvalue weighted by Gasteiger charge is -2.21. The van der Waals surface area contributed by atoms with Gasteiger partial charge in [-0.2, -0.15) is 0 Å². The molecule has 5 rings (SSSR count). The van der Waals surface area contributed by atoms with Crippen LogP contribution < -0.4 is 0 Å². The molecule has 7 heteroatoms. The number of rotatable bonds is 5. The zero-order valence-corrected chi connectivity index (χ0v) is 19.8. The van der Waals surface area contributed by atoms with Crippen LogP contribution in [0.2, 0.25) is 0 Å². The van der Waals surface area contributed by atoms with Gasteiger partial charge in [0, 0.05) is 16.3 Å². The average molecular weight is 483 g/mol. The SMILES string of the molecule is Cc1ccc(Sc2ccc(/C=C3\CCCc4c3nc3ccccc3c4C(=O)O)cc2[N+](=O)[O-])cc1. The summed E-state index contributed by atoms with van der Waals surface area (Å²) in [5.41, 5.74) is 5.10. The standard InChI is InChI=1S/C28H22N2O4S/c1-17-9-12-20(13-10-17)35-25-14-11-18(16-24(25)30(33)34)15-19-5-4-7-22-26(28(31)32)21-6-2-3-8-23(21)29-27(19)22/h2-3,6,8-16H,4-5,7H2,1H3,(H,31,32)/b19-15+. The molecule has 1 heterocycles. The van der Waals surface area contributed by atoms with E-state index in [1.165, 1.54) is 11.8 Å². The lowest BCUT2D eigenvalue weighted by Crippen LogP contribution is -2.13. The van der Waals surface area contributed by atoms with E-state index in [4.69, 9.17) is 4.98 Å². The number of hydrogen-bond acceptors (Lipinski definition) is 5. The Balaban J connectivity index is 1.58. The first-order valence-corrected chi connectivity index (χ1v) is 12.1. The van der Waals surface area contributed by atoms with Gasteiger partial charge in [0.2, 0.25) is 0 Å². The molecular formula is C28H22N2O4S. The van der Waals surface area contributed by atoms with Crippen LogP contribution in [0.3, 0.4) is 0 Å². The lowest BCUT2D eigenvalue weighted by molar-refractivity contribution is -0.387. The number of pyridine rings is 1. The van der Waals surface area contributed by atoms with Crippen molar-refractivity contribution in [3.8, 4) is 0 Å². The van der Waals surface area contributed by atoms with E-state index in [0.29, 0.717) is 39.0 Å². The van der Waals surface area contributed by atoms with Crippen molar-refractivity contribution in [3.05, 3.63) is 105 Å². The molecule has 0 atom stereocenters. The number of fused-ring (bicyclic) bond motifs is 2. The summed E-state index contributed by atoms with van der Waals surface area (Å²) in [4.78, 5) is 30.0. The van der Waals surface area contributed by atoms with Crippen molar-refractivity contribution in [2.75, 3.05) is 0 Å². The molecule has 0 fully saturated rings. The van der Waals surface area contributed by atoms with Gasteiger partial charge in [-0.15, -0.1) is 0 Å². The second-order valence-corrected chi connectivity index (χ2v) is 9.67. The molecule has 0 amide bonds. The third-order valence-corrected chi connectivity index (χ3v) is 7.23. The van der Waals surface area contributed by atoms with E-state index >= 15 is 0 Å². The maximum absolute atomic E-state index is 12.2. The van der Waals surface area contributed by atoms with Gasteiger partial charge in [0.15, 0.2) is 0 Å². The Morgan fingerprint density at radius 3 is 2.60 bits per heavy atom. The fourth-order valence-electron chi connectivity index (χ4n) is 4.51. The third-order valence-electron chi connectivity index (χ3n) is 6.15. The minimum atomic E-state index is -0.964. The molecule has 0 radical (unpaired) electrons. The Morgan fingerprint density at radius 2 is 1.86 bits per heavy atom. The Morgan fingerprint density at radius 1 is 1.09 bits per heavy atom. The summed E-state index contributed by atoms with van der Waals surface area (Å²) >= 11 is 1.36. The van der Waals surface area contributed by atoms with Crippen LogP contribution in [0.4, 0.5) is 5.69 Å². The summed E-state index contributed by atoms with van der Waals surface area (Å²) in [5, 5.41) is 22.5. The fourth-order valence-corrected chi connectivity index (χ4v) is 5.41. The number of allylic oxidation sites excluding steroid dienone is 1. The van der Waals surface area contributed by atoms with Crippen LogP contribution in [0.15, 0.2) is 76.5 Å². The van der Waals surface area contributed by atoms with Gasteiger partial charge in [-0.05, 0) is 73.2 Å². The smallest absolute Gasteiger partial charge is 0.336 e. The first kappa shape index (κ1) is 22.8. The second kappa shape index (κ2) is 9.35. The van der Waals surface area contributed by atoms with Gasteiger partial charge < -0.3 is 5.11 Å². The molecule has 0 bridgehead atoms. The predicted molar refractivity (Wildman–Crippen MR) is 138 cm³/mol. The van der Waals surface area contributed by atoms with Gasteiger partial charge in [0.1, 0.15) is 0 Å². The van der Waals surface area contributed by atoms with E-state index in [1.807, 2.05) is 61.5 Å². The lowest BCUT2D eigenvalue weighted by atomic mass is 9.86. The topological polar surface area (TPSA) is 93.3 Å². The molecule has 0 spiro atoms. The largest absolute Gasteiger partial charge is 0.478 e. The summed E-state index contributed by atoms with van der Waals surface area (Å²) in [6.45, 7) is 2.00. The van der Waals surface area contributed by atoms with Crippen molar-refractivity contribution < 1.29 is 14.8 Å². The number of aromatic nitrogens is 1. The van der Waals surface area contributed by atoms with Gasteiger partial charge in [-0.3, -0.25) is 10.1 Å². The number of nitro groups is 1. The molecule has 1 aliphatic carbocycles. The number of para-hydroxylation sites is 1. The van der Waals surface area contributed by atoms with Gasteiger partial charge in [-0.25, -0.2) is 9.78 Å². The summed E-state index contributed by atoms with van der Waals surface area (Å²) in [6.07, 6.45) is 4.06. The molecule has 1 N–H and O–H groups in total. The summed E-state index contributed by atoms with van der Waals surface area (Å²) in [7, 11) is 0. The molecule has 0 saturated heterocycles. The molecule has 174 valence electrons. The average Bonchev–Trinajstić information content (AvgIpc) is 2.85. The highest BCUT2D eigenvalue weighted by Crippen LogP contribution is 2.39. The highest BCUT2D eigenvalue weighted by molar-refractivity contribution is 7.99. The van der Waals surface area contributed by atoms with E-state index < -0.39 is 5.97 Å². The van der Waals surface area contributed by atoms with Crippen LogP contribution in [-0.4, -0.2) is 21.0 Å². The molecule has 0 saturated carbocycles. The van der Waals surface area contributed by atoms with Crippen molar-refractivity contribution in [1.29, 1.82) is 0 Å². The number of aryl methyl sites for hydroxylation is 1. The number of aromatic carboxylic acids is 1. The van der Waals surface area contributed by atoms with Gasteiger partial charge in [-0.1, -0.05) is 53.7 Å². The molecule has 4 aromatic rings. The third kappa shape index (κ3) is 4.55. The van der Waals surface area contributed by atoms with Crippen LogP contribution in [0, 0.1) is 17.0 Å². The molecular weight excluding hydrogens is 460 g/mol. The fraction of sp³-hybridized carbons (Fsp3) is 0.143. The van der Waals surface area contributed by atoms with E-state index in [0.717, 1.165) is 34.4 Å². The zero-order valence-electron chi connectivity index (χ0n) is 19.0. The van der Waals surface area contributed by atoms with Crippen LogP contribution in [0.5, 0.6) is 0 Å². The molecule has 0 aliphatic heterocycles. The van der Waals surface area contributed by atoms with Crippen molar-refractivity contribution in [3.63, 3.8) is 0 Å². The molecule has 1 aromatic heterocycles. The predicted octanol–water partition coefficient (Wildman–Crippen LogP) is 7.18. The van der Waals surface area contributed by atoms with Crippen LogP contribution in [0.1, 0.15) is 45.6 Å². The zero-order chi connectivity index (χ0) is 24.5. The summed E-state index contributed by atoms with van der Waals surface area (Å²) in [5.74, 6) is -0.964. The van der Waals surface area contributed by atoms with E-state index in [9.17, 15) is 20.0 Å². The Kier molecular flexibility index (Phi) is 6.09. The first-order valence-electron chi connectivity index (χ1n) is 11.3. The maximum Gasteiger partial charge on any atom is 0.336 e. The van der Waals surface area contributed by atoms with E-state index in [1.54, 1.807) is 18.2 Å². The van der Waals surface area contributed by atoms with E-state index in [-0.39, 0.29) is 10.6 Å². The Hall–Kier alpha value is -3.97. The maximum atomic E-state index is 12.2. The normalized spacial score (nSPS) is 14.1. The van der Waals surface area contributed by atoms with Crippen LogP contribution in [0.25, 0.3) is 22.6 Å². The Labute approximate surface area is 206 Å². The van der Waals surface area contributed by atoms with Gasteiger partial charge >= 0.3 is 5.97 Å². The summed E-state index contributed by atoms with van der Waals surface area (Å²) in [6, 6.07) is 20.4. The Bertz CT molecular complexity index is 1510.